The highest BCUT2D eigenvalue weighted by atomic mass is 32.2. The standard InChI is InChI=1S/C30H27N3O5S2/c1-18-23(17-31)27(35)33(19(2)21-8-5-4-6-9-21)29(37)26(18)24(34)10-7-15-32-28(36)25(40-30(32)39)16-20-11-13-22(38-3)14-12-20/h4-6,8-9,11-14,16,19,37H,7,10,15H2,1-3H3/b25-16-. The second-order valence-electron chi connectivity index (χ2n) is 9.21. The molecule has 1 fully saturated rings. The zero-order chi connectivity index (χ0) is 29.0. The number of aromatic nitrogens is 1. The van der Waals surface area contributed by atoms with Gasteiger partial charge in [0.1, 0.15) is 21.7 Å². The van der Waals surface area contributed by atoms with Crippen LogP contribution >= 0.6 is 24.0 Å². The van der Waals surface area contributed by atoms with Gasteiger partial charge in [-0.2, -0.15) is 5.26 Å². The van der Waals surface area contributed by atoms with Crippen molar-refractivity contribution in [3.05, 3.63) is 97.7 Å². The van der Waals surface area contributed by atoms with E-state index in [1.165, 1.54) is 23.6 Å². The van der Waals surface area contributed by atoms with Crippen LogP contribution < -0.4 is 10.3 Å². The van der Waals surface area contributed by atoms with Crippen LogP contribution in [-0.4, -0.2) is 44.2 Å². The number of carbonyl (C=O) groups is 2. The number of nitrogens with zero attached hydrogens (tertiary/aromatic N) is 3. The molecule has 204 valence electrons. The number of benzene rings is 2. The summed E-state index contributed by atoms with van der Waals surface area (Å²) in [4.78, 5) is 41.3. The van der Waals surface area contributed by atoms with Crippen LogP contribution in [0.5, 0.6) is 11.6 Å². The number of amides is 1. The number of nitriles is 1. The van der Waals surface area contributed by atoms with Gasteiger partial charge in [-0.05, 0) is 55.2 Å². The molecular formula is C30H27N3O5S2. The average molecular weight is 574 g/mol. The molecule has 0 aliphatic carbocycles. The number of hydrogen-bond donors (Lipinski definition) is 1. The predicted octanol–water partition coefficient (Wildman–Crippen LogP) is 5.22. The highest BCUT2D eigenvalue weighted by Crippen LogP contribution is 2.33. The Bertz CT molecular complexity index is 1610. The van der Waals surface area contributed by atoms with Crippen LogP contribution in [0.1, 0.15) is 58.4 Å². The van der Waals surface area contributed by atoms with E-state index < -0.39 is 23.3 Å². The number of hydrogen-bond acceptors (Lipinski definition) is 8. The van der Waals surface area contributed by atoms with E-state index in [1.54, 1.807) is 56.5 Å². The van der Waals surface area contributed by atoms with Gasteiger partial charge in [-0.25, -0.2) is 0 Å². The van der Waals surface area contributed by atoms with Crippen molar-refractivity contribution in [2.24, 2.45) is 0 Å². The third-order valence-corrected chi connectivity index (χ3v) is 8.14. The summed E-state index contributed by atoms with van der Waals surface area (Å²) in [5, 5.41) is 20.8. The van der Waals surface area contributed by atoms with Crippen LogP contribution in [0.3, 0.4) is 0 Å². The van der Waals surface area contributed by atoms with E-state index in [0.29, 0.717) is 15.0 Å². The molecule has 10 heteroatoms. The smallest absolute Gasteiger partial charge is 0.272 e. The Morgan fingerprint density at radius 1 is 1.18 bits per heavy atom. The lowest BCUT2D eigenvalue weighted by Crippen LogP contribution is -2.30. The summed E-state index contributed by atoms with van der Waals surface area (Å²) in [7, 11) is 1.58. The zero-order valence-electron chi connectivity index (χ0n) is 22.2. The first kappa shape index (κ1) is 28.8. The minimum Gasteiger partial charge on any atom is -0.497 e. The molecule has 0 saturated carbocycles. The quantitative estimate of drug-likeness (QED) is 0.211. The Hall–Kier alpha value is -4.20. The number of thioether (sulfide) groups is 1. The average Bonchev–Trinajstić information content (AvgIpc) is 3.21. The van der Waals surface area contributed by atoms with Gasteiger partial charge in [0.15, 0.2) is 5.78 Å². The lowest BCUT2D eigenvalue weighted by Gasteiger charge is -2.21. The van der Waals surface area contributed by atoms with Gasteiger partial charge < -0.3 is 9.84 Å². The highest BCUT2D eigenvalue weighted by Gasteiger charge is 2.32. The molecule has 1 unspecified atom stereocenters. The highest BCUT2D eigenvalue weighted by molar-refractivity contribution is 8.26. The summed E-state index contributed by atoms with van der Waals surface area (Å²) in [5.41, 5.74) is 0.790. The molecule has 1 aliphatic heterocycles. The number of carbonyl (C=O) groups excluding carboxylic acids is 2. The monoisotopic (exact) mass is 573 g/mol. The fourth-order valence-electron chi connectivity index (χ4n) is 4.56. The Kier molecular flexibility index (Phi) is 8.87. The third-order valence-electron chi connectivity index (χ3n) is 6.77. The zero-order valence-corrected chi connectivity index (χ0v) is 23.8. The van der Waals surface area contributed by atoms with E-state index >= 15 is 0 Å². The number of pyridine rings is 1. The lowest BCUT2D eigenvalue weighted by atomic mass is 9.98. The summed E-state index contributed by atoms with van der Waals surface area (Å²) in [6.07, 6.45) is 2.01. The fraction of sp³-hybridized carbons (Fsp3) is 0.233. The van der Waals surface area contributed by atoms with Gasteiger partial charge in [-0.1, -0.05) is 66.4 Å². The van der Waals surface area contributed by atoms with E-state index in [2.05, 4.69) is 0 Å². The van der Waals surface area contributed by atoms with Crippen LogP contribution in [0.4, 0.5) is 0 Å². The van der Waals surface area contributed by atoms with E-state index in [4.69, 9.17) is 17.0 Å². The summed E-state index contributed by atoms with van der Waals surface area (Å²) < 4.78 is 6.64. The maximum Gasteiger partial charge on any atom is 0.272 e. The molecular weight excluding hydrogens is 546 g/mol. The molecule has 1 atom stereocenters. The summed E-state index contributed by atoms with van der Waals surface area (Å²) >= 11 is 6.61. The second-order valence-corrected chi connectivity index (χ2v) is 10.9. The summed E-state index contributed by atoms with van der Waals surface area (Å²) in [6.45, 7) is 3.41. The molecule has 0 spiro atoms. The predicted molar refractivity (Wildman–Crippen MR) is 159 cm³/mol. The first-order valence-electron chi connectivity index (χ1n) is 12.5. The maximum atomic E-state index is 13.3. The van der Waals surface area contributed by atoms with E-state index in [1.807, 2.05) is 24.3 Å². The first-order valence-corrected chi connectivity index (χ1v) is 13.8. The van der Waals surface area contributed by atoms with Gasteiger partial charge in [-0.3, -0.25) is 23.9 Å². The number of ether oxygens (including phenoxy) is 1. The molecule has 40 heavy (non-hydrogen) atoms. The number of methoxy groups -OCH3 is 1. The number of thiocarbonyl (C=S) groups is 1. The molecule has 3 aromatic rings. The van der Waals surface area contributed by atoms with Gasteiger partial charge in [-0.15, -0.1) is 0 Å². The minimum absolute atomic E-state index is 0.0220. The Balaban J connectivity index is 1.51. The van der Waals surface area contributed by atoms with Gasteiger partial charge in [0.2, 0.25) is 5.88 Å². The normalized spacial score (nSPS) is 14.8. The van der Waals surface area contributed by atoms with Crippen molar-refractivity contribution in [1.29, 1.82) is 5.26 Å². The Labute approximate surface area is 241 Å². The van der Waals surface area contributed by atoms with Crippen molar-refractivity contribution < 1.29 is 19.4 Å². The molecule has 0 bridgehead atoms. The minimum atomic E-state index is -0.661. The summed E-state index contributed by atoms with van der Waals surface area (Å²) in [6, 6.07) is 17.6. The molecule has 1 amide bonds. The van der Waals surface area contributed by atoms with E-state index in [9.17, 15) is 24.8 Å². The van der Waals surface area contributed by atoms with E-state index in [0.717, 1.165) is 15.7 Å². The summed E-state index contributed by atoms with van der Waals surface area (Å²) in [5.74, 6) is -0.438. The van der Waals surface area contributed by atoms with Crippen molar-refractivity contribution in [3.8, 4) is 17.7 Å². The largest absolute Gasteiger partial charge is 0.497 e. The topological polar surface area (TPSA) is 113 Å². The van der Waals surface area contributed by atoms with Crippen LogP contribution in [-0.2, 0) is 4.79 Å². The molecule has 1 N–H and O–H groups in total. The SMILES string of the molecule is COc1ccc(/C=C2\SC(=S)N(CCCC(=O)c3c(C)c(C#N)c(=O)n(C(C)c4ccccc4)c3O)C2=O)cc1. The molecule has 8 nitrogen and oxygen atoms in total. The van der Waals surface area contributed by atoms with Gasteiger partial charge in [0, 0.05) is 13.0 Å². The molecule has 2 heterocycles. The molecule has 1 aliphatic rings. The van der Waals surface area contributed by atoms with Crippen molar-refractivity contribution >= 4 is 46.1 Å². The van der Waals surface area contributed by atoms with E-state index in [-0.39, 0.29) is 42.0 Å². The molecule has 4 rings (SSSR count). The Morgan fingerprint density at radius 2 is 1.85 bits per heavy atom. The second kappa shape index (κ2) is 12.3. The maximum absolute atomic E-state index is 13.3. The Morgan fingerprint density at radius 3 is 2.48 bits per heavy atom. The molecule has 2 aromatic carbocycles. The number of Topliss-reactive ketones (excluding diaryl/α,β-unsaturated/α-hetero) is 1. The fourth-order valence-corrected chi connectivity index (χ4v) is 5.87. The lowest BCUT2D eigenvalue weighted by molar-refractivity contribution is -0.122. The number of aromatic hydroxyl groups is 1. The van der Waals surface area contributed by atoms with Crippen molar-refractivity contribution in [2.75, 3.05) is 13.7 Å². The van der Waals surface area contributed by atoms with Crippen molar-refractivity contribution in [3.63, 3.8) is 0 Å². The van der Waals surface area contributed by atoms with Gasteiger partial charge in [0.25, 0.3) is 11.5 Å². The van der Waals surface area contributed by atoms with Crippen LogP contribution in [0.25, 0.3) is 6.08 Å². The van der Waals surface area contributed by atoms with Gasteiger partial charge in [0.05, 0.1) is 23.6 Å². The van der Waals surface area contributed by atoms with Crippen molar-refractivity contribution in [2.45, 2.75) is 32.7 Å². The van der Waals surface area contributed by atoms with Gasteiger partial charge >= 0.3 is 0 Å². The molecule has 1 saturated heterocycles. The van der Waals surface area contributed by atoms with Crippen LogP contribution in [0.15, 0.2) is 64.3 Å². The van der Waals surface area contributed by atoms with Crippen molar-refractivity contribution in [1.82, 2.24) is 9.47 Å². The number of rotatable bonds is 9. The first-order chi connectivity index (χ1) is 19.2. The molecule has 1 aromatic heterocycles. The van der Waals surface area contributed by atoms with Crippen LogP contribution in [0, 0.1) is 18.3 Å². The third kappa shape index (κ3) is 5.71. The van der Waals surface area contributed by atoms with Crippen LogP contribution in [0.2, 0.25) is 0 Å². The number of ketones is 1. The molecule has 0 radical (unpaired) electrons.